The molecule has 0 radical (unpaired) electrons. The molecule has 4 atom stereocenters. The van der Waals surface area contributed by atoms with Crippen LogP contribution in [-0.2, 0) is 0 Å². The van der Waals surface area contributed by atoms with Crippen molar-refractivity contribution in [3.05, 3.63) is 0 Å². The molecule has 0 aromatic heterocycles. The lowest BCUT2D eigenvalue weighted by Crippen LogP contribution is -2.31. The second-order valence-electron chi connectivity index (χ2n) is 5.85. The molecule has 0 saturated heterocycles. The lowest BCUT2D eigenvalue weighted by atomic mass is 9.65. The molecule has 14 heavy (non-hydrogen) atoms. The third kappa shape index (κ3) is 2.15. The summed E-state index contributed by atoms with van der Waals surface area (Å²) in [5, 5.41) is 0. The summed E-state index contributed by atoms with van der Waals surface area (Å²) < 4.78 is 0. The molecule has 0 nitrogen and oxygen atoms in total. The van der Waals surface area contributed by atoms with Crippen molar-refractivity contribution in [1.82, 2.24) is 0 Å². The van der Waals surface area contributed by atoms with Gasteiger partial charge in [-0.2, -0.15) is 0 Å². The Morgan fingerprint density at radius 2 is 0.929 bits per heavy atom. The summed E-state index contributed by atoms with van der Waals surface area (Å²) in [6.07, 6.45) is 12.1. The van der Waals surface area contributed by atoms with Gasteiger partial charge in [-0.25, -0.2) is 0 Å². The third-order valence-corrected chi connectivity index (χ3v) is 4.91. The maximum absolute atomic E-state index is 2.51. The van der Waals surface area contributed by atoms with Gasteiger partial charge in [0, 0.05) is 0 Å². The number of hydrogen-bond acceptors (Lipinski definition) is 0. The van der Waals surface area contributed by atoms with Crippen molar-refractivity contribution in [2.24, 2.45) is 23.7 Å². The Labute approximate surface area is 89.5 Å². The first kappa shape index (κ1) is 10.5. The molecule has 2 saturated carbocycles. The molecular formula is C14H26. The van der Waals surface area contributed by atoms with E-state index < -0.39 is 0 Å². The van der Waals surface area contributed by atoms with Crippen molar-refractivity contribution in [2.75, 3.05) is 0 Å². The lowest BCUT2D eigenvalue weighted by Gasteiger charge is -2.41. The topological polar surface area (TPSA) is 0 Å². The van der Waals surface area contributed by atoms with Gasteiger partial charge >= 0.3 is 0 Å². The molecule has 2 aliphatic rings. The highest BCUT2D eigenvalue weighted by molar-refractivity contribution is 4.83. The van der Waals surface area contributed by atoms with E-state index in [-0.39, 0.29) is 0 Å². The van der Waals surface area contributed by atoms with Gasteiger partial charge < -0.3 is 0 Å². The number of rotatable bonds is 1. The van der Waals surface area contributed by atoms with E-state index in [2.05, 4.69) is 13.8 Å². The summed E-state index contributed by atoms with van der Waals surface area (Å²) in [5.74, 6) is 4.21. The van der Waals surface area contributed by atoms with E-state index in [1.165, 1.54) is 51.4 Å². The Morgan fingerprint density at radius 3 is 1.29 bits per heavy atom. The molecule has 2 fully saturated rings. The second-order valence-corrected chi connectivity index (χ2v) is 5.85. The number of hydrogen-bond donors (Lipinski definition) is 0. The van der Waals surface area contributed by atoms with E-state index in [0.29, 0.717) is 0 Å². The summed E-state index contributed by atoms with van der Waals surface area (Å²) in [5.41, 5.74) is 0. The normalized spacial score (nSPS) is 45.0. The van der Waals surface area contributed by atoms with Crippen molar-refractivity contribution in [2.45, 2.75) is 65.2 Å². The third-order valence-electron chi connectivity index (χ3n) is 4.91. The fourth-order valence-electron chi connectivity index (χ4n) is 3.96. The van der Waals surface area contributed by atoms with Gasteiger partial charge in [-0.15, -0.1) is 0 Å². The summed E-state index contributed by atoms with van der Waals surface area (Å²) in [7, 11) is 0. The summed E-state index contributed by atoms with van der Waals surface area (Å²) in [6.45, 7) is 5.01. The van der Waals surface area contributed by atoms with Gasteiger partial charge in [0.15, 0.2) is 0 Å². The Hall–Kier alpha value is 0. The van der Waals surface area contributed by atoms with Crippen molar-refractivity contribution in [3.8, 4) is 0 Å². The van der Waals surface area contributed by atoms with Crippen LogP contribution in [0.25, 0.3) is 0 Å². The zero-order valence-electron chi connectivity index (χ0n) is 9.97. The molecule has 2 aliphatic carbocycles. The quantitative estimate of drug-likeness (QED) is 0.570. The summed E-state index contributed by atoms with van der Waals surface area (Å²) in [6, 6.07) is 0. The minimum absolute atomic E-state index is 1.02. The van der Waals surface area contributed by atoms with Crippen LogP contribution in [0.1, 0.15) is 65.2 Å². The van der Waals surface area contributed by atoms with Gasteiger partial charge in [-0.3, -0.25) is 0 Å². The Balaban J connectivity index is 1.96. The molecule has 2 rings (SSSR count). The molecule has 0 aliphatic heterocycles. The van der Waals surface area contributed by atoms with Crippen LogP contribution in [-0.4, -0.2) is 0 Å². The molecule has 0 bridgehead atoms. The smallest absolute Gasteiger partial charge is 0.0358 e. The standard InChI is InChI=1S/C14H26/c1-11-7-3-5-9-13(11)14-10-6-4-8-12(14)2/h11-14H,3-10H2,1-2H3. The first-order valence-corrected chi connectivity index (χ1v) is 6.79. The minimum Gasteiger partial charge on any atom is -0.0622 e. The van der Waals surface area contributed by atoms with Crippen LogP contribution in [0.5, 0.6) is 0 Å². The molecular weight excluding hydrogens is 168 g/mol. The van der Waals surface area contributed by atoms with Crippen LogP contribution < -0.4 is 0 Å². The van der Waals surface area contributed by atoms with E-state index in [1.54, 1.807) is 0 Å². The van der Waals surface area contributed by atoms with Crippen LogP contribution in [0.15, 0.2) is 0 Å². The second kappa shape index (κ2) is 4.68. The van der Waals surface area contributed by atoms with E-state index in [9.17, 15) is 0 Å². The lowest BCUT2D eigenvalue weighted by molar-refractivity contribution is 0.0974. The minimum atomic E-state index is 1.02. The first-order chi connectivity index (χ1) is 6.79. The van der Waals surface area contributed by atoms with Gasteiger partial charge in [-0.1, -0.05) is 52.4 Å². The van der Waals surface area contributed by atoms with Gasteiger partial charge in [0.2, 0.25) is 0 Å². The molecule has 0 heterocycles. The predicted octanol–water partition coefficient (Wildman–Crippen LogP) is 4.64. The van der Waals surface area contributed by atoms with Crippen LogP contribution in [0.2, 0.25) is 0 Å². The van der Waals surface area contributed by atoms with E-state index in [1.807, 2.05) is 0 Å². The Morgan fingerprint density at radius 1 is 0.571 bits per heavy atom. The highest BCUT2D eigenvalue weighted by atomic mass is 14.4. The SMILES string of the molecule is CC1CCCCC1C1CCCCC1C. The van der Waals surface area contributed by atoms with Gasteiger partial charge in [0.1, 0.15) is 0 Å². The van der Waals surface area contributed by atoms with Crippen LogP contribution in [0.4, 0.5) is 0 Å². The summed E-state index contributed by atoms with van der Waals surface area (Å²) >= 11 is 0. The zero-order valence-corrected chi connectivity index (χ0v) is 9.97. The Bertz CT molecular complexity index is 153. The van der Waals surface area contributed by atoms with Gasteiger partial charge in [0.05, 0.1) is 0 Å². The zero-order chi connectivity index (χ0) is 9.97. The van der Waals surface area contributed by atoms with E-state index in [0.717, 1.165) is 23.7 Å². The molecule has 82 valence electrons. The monoisotopic (exact) mass is 194 g/mol. The fourth-order valence-corrected chi connectivity index (χ4v) is 3.96. The van der Waals surface area contributed by atoms with E-state index in [4.69, 9.17) is 0 Å². The molecule has 4 unspecified atom stereocenters. The van der Waals surface area contributed by atoms with Crippen LogP contribution in [0, 0.1) is 23.7 Å². The van der Waals surface area contributed by atoms with Gasteiger partial charge in [0.25, 0.3) is 0 Å². The molecule has 0 spiro atoms. The summed E-state index contributed by atoms with van der Waals surface area (Å²) in [4.78, 5) is 0. The fraction of sp³-hybridized carbons (Fsp3) is 1.00. The predicted molar refractivity (Wildman–Crippen MR) is 62.2 cm³/mol. The maximum Gasteiger partial charge on any atom is -0.0358 e. The highest BCUT2D eigenvalue weighted by Gasteiger charge is 2.33. The average Bonchev–Trinajstić information content (AvgIpc) is 2.20. The largest absolute Gasteiger partial charge is 0.0622 e. The molecule has 0 heteroatoms. The maximum atomic E-state index is 2.51. The molecule has 0 aromatic carbocycles. The van der Waals surface area contributed by atoms with Crippen LogP contribution >= 0.6 is 0 Å². The molecule has 0 amide bonds. The van der Waals surface area contributed by atoms with Crippen molar-refractivity contribution in [3.63, 3.8) is 0 Å². The van der Waals surface area contributed by atoms with Crippen LogP contribution in [0.3, 0.4) is 0 Å². The van der Waals surface area contributed by atoms with E-state index >= 15 is 0 Å². The van der Waals surface area contributed by atoms with Crippen molar-refractivity contribution in [1.29, 1.82) is 0 Å². The van der Waals surface area contributed by atoms with Gasteiger partial charge in [-0.05, 0) is 36.5 Å². The molecule has 0 aromatic rings. The first-order valence-electron chi connectivity index (χ1n) is 6.79. The highest BCUT2D eigenvalue weighted by Crippen LogP contribution is 2.43. The molecule has 0 N–H and O–H groups in total. The van der Waals surface area contributed by atoms with Crippen molar-refractivity contribution >= 4 is 0 Å². The van der Waals surface area contributed by atoms with Crippen molar-refractivity contribution < 1.29 is 0 Å². The average molecular weight is 194 g/mol. The Kier molecular flexibility index (Phi) is 3.52.